The van der Waals surface area contributed by atoms with E-state index in [1.807, 2.05) is 13.8 Å². The van der Waals surface area contributed by atoms with Gasteiger partial charge in [0.05, 0.1) is 6.04 Å². The van der Waals surface area contributed by atoms with Crippen molar-refractivity contribution in [1.82, 2.24) is 5.32 Å². The normalized spacial score (nSPS) is 20.3. The minimum absolute atomic E-state index is 0.0880. The highest BCUT2D eigenvalue weighted by Gasteiger charge is 2.34. The molecule has 1 aliphatic carbocycles. The van der Waals surface area contributed by atoms with Crippen LogP contribution >= 0.6 is 0 Å². The second-order valence-corrected chi connectivity index (χ2v) is 3.54. The zero-order chi connectivity index (χ0) is 8.43. The molecule has 1 fully saturated rings. The first-order valence-electron chi connectivity index (χ1n) is 4.16. The van der Waals surface area contributed by atoms with Gasteiger partial charge in [-0.25, -0.2) is 0 Å². The predicted molar refractivity (Wildman–Crippen MR) is 44.0 cm³/mol. The summed E-state index contributed by atoms with van der Waals surface area (Å²) in [5.41, 5.74) is 5.22. The largest absolute Gasteiger partial charge is 0.368 e. The summed E-state index contributed by atoms with van der Waals surface area (Å²) in [7, 11) is 0. The molecule has 0 aromatic carbocycles. The van der Waals surface area contributed by atoms with Crippen LogP contribution in [0.25, 0.3) is 0 Å². The van der Waals surface area contributed by atoms with Crippen LogP contribution in [0.2, 0.25) is 0 Å². The molecule has 64 valence electrons. The third kappa shape index (κ3) is 2.50. The highest BCUT2D eigenvalue weighted by Crippen LogP contribution is 2.32. The van der Waals surface area contributed by atoms with Gasteiger partial charge in [-0.3, -0.25) is 4.79 Å². The first-order chi connectivity index (χ1) is 5.11. The first kappa shape index (κ1) is 8.53. The Balaban J connectivity index is 2.38. The van der Waals surface area contributed by atoms with Gasteiger partial charge in [-0.2, -0.15) is 0 Å². The van der Waals surface area contributed by atoms with Crippen molar-refractivity contribution in [3.63, 3.8) is 0 Å². The third-order valence-corrected chi connectivity index (χ3v) is 1.91. The number of nitrogens with two attached hydrogens (primary N) is 1. The summed E-state index contributed by atoms with van der Waals surface area (Å²) >= 11 is 0. The van der Waals surface area contributed by atoms with Gasteiger partial charge in [-0.15, -0.1) is 0 Å². The van der Waals surface area contributed by atoms with Gasteiger partial charge < -0.3 is 11.1 Å². The smallest absolute Gasteiger partial charge is 0.234 e. The maximum Gasteiger partial charge on any atom is 0.234 e. The lowest BCUT2D eigenvalue weighted by molar-refractivity contribution is -0.120. The fraction of sp³-hybridized carbons (Fsp3) is 0.875. The molecule has 0 aliphatic heterocycles. The second kappa shape index (κ2) is 3.22. The summed E-state index contributed by atoms with van der Waals surface area (Å²) < 4.78 is 0. The van der Waals surface area contributed by atoms with E-state index < -0.39 is 0 Å². The molecule has 0 bridgehead atoms. The van der Waals surface area contributed by atoms with Crippen molar-refractivity contribution in [2.75, 3.05) is 0 Å². The van der Waals surface area contributed by atoms with E-state index in [0.717, 1.165) is 12.8 Å². The quantitative estimate of drug-likeness (QED) is 0.613. The van der Waals surface area contributed by atoms with Gasteiger partial charge in [0.15, 0.2) is 0 Å². The molecular formula is C8H16N2O. The molecule has 1 saturated carbocycles. The number of hydrogen-bond acceptors (Lipinski definition) is 2. The van der Waals surface area contributed by atoms with E-state index in [2.05, 4.69) is 5.32 Å². The molecule has 3 N–H and O–H groups in total. The van der Waals surface area contributed by atoms with Crippen LogP contribution in [0.15, 0.2) is 0 Å². The summed E-state index contributed by atoms with van der Waals surface area (Å²) in [6, 6.07) is 0.253. The summed E-state index contributed by atoms with van der Waals surface area (Å²) in [5.74, 6) is 0.302. The van der Waals surface area contributed by atoms with Crippen molar-refractivity contribution in [2.45, 2.75) is 38.8 Å². The maximum atomic E-state index is 10.9. The second-order valence-electron chi connectivity index (χ2n) is 3.54. The molecule has 1 rings (SSSR count). The lowest BCUT2D eigenvalue weighted by Crippen LogP contribution is -2.45. The molecule has 0 heterocycles. The molecule has 0 saturated heterocycles. The summed E-state index contributed by atoms with van der Waals surface area (Å²) in [6.45, 7) is 4.05. The van der Waals surface area contributed by atoms with E-state index >= 15 is 0 Å². The number of rotatable bonds is 4. The Hall–Kier alpha value is -0.570. The Bertz CT molecular complexity index is 152. The number of hydrogen-bond donors (Lipinski definition) is 2. The zero-order valence-corrected chi connectivity index (χ0v) is 7.13. The monoisotopic (exact) mass is 156 g/mol. The maximum absolute atomic E-state index is 10.9. The van der Waals surface area contributed by atoms with E-state index in [1.165, 1.54) is 0 Å². The van der Waals surface area contributed by atoms with E-state index in [0.29, 0.717) is 12.0 Å². The fourth-order valence-corrected chi connectivity index (χ4v) is 1.24. The van der Waals surface area contributed by atoms with Crippen molar-refractivity contribution < 1.29 is 4.79 Å². The van der Waals surface area contributed by atoms with Crippen LogP contribution in [0.4, 0.5) is 0 Å². The van der Waals surface area contributed by atoms with E-state index in [1.54, 1.807) is 0 Å². The SMILES string of the molecule is CC(C)N[C@@H](C(N)=O)C1CC1. The molecule has 11 heavy (non-hydrogen) atoms. The molecule has 0 unspecified atom stereocenters. The average molecular weight is 156 g/mol. The number of primary amides is 1. The van der Waals surface area contributed by atoms with Gasteiger partial charge >= 0.3 is 0 Å². The van der Waals surface area contributed by atoms with Crippen molar-refractivity contribution in [2.24, 2.45) is 11.7 Å². The van der Waals surface area contributed by atoms with E-state index in [-0.39, 0.29) is 11.9 Å². The first-order valence-corrected chi connectivity index (χ1v) is 4.16. The lowest BCUT2D eigenvalue weighted by atomic mass is 10.1. The molecule has 1 amide bonds. The molecule has 0 aromatic rings. The highest BCUT2D eigenvalue weighted by molar-refractivity contribution is 5.80. The number of carbonyl (C=O) groups excluding carboxylic acids is 1. The Kier molecular flexibility index (Phi) is 2.49. The van der Waals surface area contributed by atoms with Crippen molar-refractivity contribution >= 4 is 5.91 Å². The fourth-order valence-electron chi connectivity index (χ4n) is 1.24. The summed E-state index contributed by atoms with van der Waals surface area (Å²) in [6.07, 6.45) is 2.29. The van der Waals surface area contributed by atoms with Crippen molar-refractivity contribution in [3.05, 3.63) is 0 Å². The standard InChI is InChI=1S/C8H16N2O/c1-5(2)10-7(8(9)11)6-3-4-6/h5-7,10H,3-4H2,1-2H3,(H2,9,11)/t7-/m1/s1. The van der Waals surface area contributed by atoms with Gasteiger partial charge in [0.2, 0.25) is 5.91 Å². The molecule has 3 heteroatoms. The molecule has 0 aromatic heterocycles. The van der Waals surface area contributed by atoms with Crippen LogP contribution in [0, 0.1) is 5.92 Å². The molecule has 3 nitrogen and oxygen atoms in total. The van der Waals surface area contributed by atoms with Gasteiger partial charge in [0, 0.05) is 6.04 Å². The van der Waals surface area contributed by atoms with Crippen LogP contribution < -0.4 is 11.1 Å². The van der Waals surface area contributed by atoms with Gasteiger partial charge in [0.25, 0.3) is 0 Å². The van der Waals surface area contributed by atoms with Gasteiger partial charge in [-0.05, 0) is 18.8 Å². The Labute approximate surface area is 67.3 Å². The van der Waals surface area contributed by atoms with Crippen LogP contribution in [-0.2, 0) is 4.79 Å². The van der Waals surface area contributed by atoms with Crippen LogP contribution in [0.1, 0.15) is 26.7 Å². The Morgan fingerprint density at radius 3 is 2.36 bits per heavy atom. The van der Waals surface area contributed by atoms with Crippen molar-refractivity contribution in [3.8, 4) is 0 Å². The van der Waals surface area contributed by atoms with Crippen LogP contribution in [0.5, 0.6) is 0 Å². The third-order valence-electron chi connectivity index (χ3n) is 1.91. The Morgan fingerprint density at radius 2 is 2.09 bits per heavy atom. The van der Waals surface area contributed by atoms with Gasteiger partial charge in [-0.1, -0.05) is 13.8 Å². The van der Waals surface area contributed by atoms with Crippen LogP contribution in [0.3, 0.4) is 0 Å². The summed E-state index contributed by atoms with van der Waals surface area (Å²) in [5, 5.41) is 3.17. The molecule has 0 radical (unpaired) electrons. The molecule has 1 atom stereocenters. The highest BCUT2D eigenvalue weighted by atomic mass is 16.1. The predicted octanol–water partition coefficient (Wildman–Crippen LogP) is 0.248. The van der Waals surface area contributed by atoms with E-state index in [9.17, 15) is 4.79 Å². The van der Waals surface area contributed by atoms with Crippen LogP contribution in [-0.4, -0.2) is 18.0 Å². The number of carbonyl (C=O) groups is 1. The Morgan fingerprint density at radius 1 is 1.55 bits per heavy atom. The average Bonchev–Trinajstić information content (AvgIpc) is 2.63. The van der Waals surface area contributed by atoms with E-state index in [4.69, 9.17) is 5.73 Å². The molecule has 1 aliphatic rings. The lowest BCUT2D eigenvalue weighted by Gasteiger charge is -2.16. The summed E-state index contributed by atoms with van der Waals surface area (Å²) in [4.78, 5) is 10.9. The molecular weight excluding hydrogens is 140 g/mol. The minimum atomic E-state index is -0.207. The topological polar surface area (TPSA) is 55.1 Å². The zero-order valence-electron chi connectivity index (χ0n) is 7.13. The van der Waals surface area contributed by atoms with Gasteiger partial charge in [0.1, 0.15) is 0 Å². The number of amides is 1. The molecule has 0 spiro atoms. The number of nitrogens with one attached hydrogen (secondary N) is 1. The minimum Gasteiger partial charge on any atom is -0.368 e. The van der Waals surface area contributed by atoms with Crippen molar-refractivity contribution in [1.29, 1.82) is 0 Å².